The summed E-state index contributed by atoms with van der Waals surface area (Å²) in [4.78, 5) is 43.9. The molecule has 0 saturated heterocycles. The number of amides is 2. The molecule has 0 spiro atoms. The van der Waals surface area contributed by atoms with Crippen LogP contribution in [0.5, 0.6) is 5.75 Å². The Bertz CT molecular complexity index is 1350. The van der Waals surface area contributed by atoms with Crippen molar-refractivity contribution in [2.24, 2.45) is 5.41 Å². The van der Waals surface area contributed by atoms with E-state index in [1.165, 1.54) is 6.08 Å². The number of nitrogens with one attached hydrogen (secondary N) is 1. The van der Waals surface area contributed by atoms with E-state index in [4.69, 9.17) is 4.74 Å². The Hall–Kier alpha value is -3.59. The first-order valence-corrected chi connectivity index (χ1v) is 14.2. The van der Waals surface area contributed by atoms with Crippen molar-refractivity contribution in [2.45, 2.75) is 58.6 Å². The van der Waals surface area contributed by atoms with Crippen LogP contribution in [0.25, 0.3) is 10.2 Å². The van der Waals surface area contributed by atoms with E-state index in [1.54, 1.807) is 17.0 Å². The quantitative estimate of drug-likeness (QED) is 0.326. The third-order valence-electron chi connectivity index (χ3n) is 7.57. The molecule has 4 rings (SSSR count). The van der Waals surface area contributed by atoms with Gasteiger partial charge in [-0.2, -0.15) is 0 Å². The fourth-order valence-electron chi connectivity index (χ4n) is 5.14. The van der Waals surface area contributed by atoms with Gasteiger partial charge in [0.25, 0.3) is 0 Å². The summed E-state index contributed by atoms with van der Waals surface area (Å²) in [5.41, 5.74) is 2.41. The molecule has 1 saturated carbocycles. The van der Waals surface area contributed by atoms with Gasteiger partial charge in [-0.05, 0) is 60.8 Å². The summed E-state index contributed by atoms with van der Waals surface area (Å²) in [5.74, 6) is -0.116. The number of hydrogen-bond donors (Lipinski definition) is 2. The van der Waals surface area contributed by atoms with Crippen LogP contribution in [-0.2, 0) is 22.6 Å². The number of fused-ring (bicyclic) bond motifs is 1. The van der Waals surface area contributed by atoms with Gasteiger partial charge in [0.2, 0.25) is 5.91 Å². The van der Waals surface area contributed by atoms with Crippen molar-refractivity contribution >= 4 is 33.6 Å². The highest BCUT2D eigenvalue weighted by molar-refractivity contribution is 7.16. The number of phenols is 1. The average molecular weight is 552 g/mol. The Morgan fingerprint density at radius 3 is 2.54 bits per heavy atom. The molecule has 9 heteroatoms. The van der Waals surface area contributed by atoms with Gasteiger partial charge in [-0.15, -0.1) is 0 Å². The van der Waals surface area contributed by atoms with Crippen molar-refractivity contribution in [1.29, 1.82) is 0 Å². The lowest BCUT2D eigenvalue weighted by Crippen LogP contribution is -2.47. The second-order valence-corrected chi connectivity index (χ2v) is 11.9. The van der Waals surface area contributed by atoms with Gasteiger partial charge in [-0.3, -0.25) is 9.59 Å². The summed E-state index contributed by atoms with van der Waals surface area (Å²) < 4.78 is 6.32. The highest BCUT2D eigenvalue weighted by Gasteiger charge is 2.32. The van der Waals surface area contributed by atoms with E-state index in [-0.39, 0.29) is 34.6 Å². The largest absolute Gasteiger partial charge is 0.506 e. The van der Waals surface area contributed by atoms with E-state index in [0.29, 0.717) is 36.3 Å². The van der Waals surface area contributed by atoms with Crippen LogP contribution < -0.4 is 4.87 Å². The maximum absolute atomic E-state index is 13.3. The smallest absolute Gasteiger partial charge is 0.410 e. The van der Waals surface area contributed by atoms with Crippen LogP contribution in [0, 0.1) is 5.41 Å². The number of carbonyl (C=O) groups is 2. The lowest BCUT2D eigenvalue weighted by Gasteiger charge is -2.40. The highest BCUT2D eigenvalue weighted by atomic mass is 32.1. The summed E-state index contributed by atoms with van der Waals surface area (Å²) in [5, 5.41) is 10.1. The van der Waals surface area contributed by atoms with E-state index in [0.717, 1.165) is 48.1 Å². The minimum atomic E-state index is -0.466. The summed E-state index contributed by atoms with van der Waals surface area (Å²) in [6.45, 7) is 9.37. The maximum Gasteiger partial charge on any atom is 0.410 e. The minimum absolute atomic E-state index is 0.0143. The second-order valence-electron chi connectivity index (χ2n) is 10.9. The molecule has 1 heterocycles. The molecule has 2 aromatic carbocycles. The molecule has 1 aromatic heterocycles. The van der Waals surface area contributed by atoms with Gasteiger partial charge < -0.3 is 24.6 Å². The van der Waals surface area contributed by atoms with Crippen LogP contribution >= 0.6 is 11.3 Å². The van der Waals surface area contributed by atoms with Crippen LogP contribution in [0.4, 0.5) is 4.79 Å². The molecule has 1 aliphatic rings. The Balaban J connectivity index is 1.49. The minimum Gasteiger partial charge on any atom is -0.506 e. The molecule has 1 fully saturated rings. The number of thiazole rings is 1. The fraction of sp³-hybridized carbons (Fsp3) is 0.433. The van der Waals surface area contributed by atoms with Gasteiger partial charge >= 0.3 is 11.0 Å². The van der Waals surface area contributed by atoms with E-state index < -0.39 is 6.09 Å². The number of aromatic amines is 1. The standard InChI is InChI=1S/C30H37N3O5S/c1-4-25(35)33(23-12-15-30(2,3)16-13-23)19-18-32(29(37)38-20-21-8-6-5-7-9-21)17-14-22-10-11-24(34)26-27(22)39-28(36)31-26/h4-11,23,34H,1,12-20H2,2-3H3,(H,31,36). The van der Waals surface area contributed by atoms with E-state index in [1.807, 2.05) is 35.2 Å². The van der Waals surface area contributed by atoms with Gasteiger partial charge in [0.1, 0.15) is 17.9 Å². The predicted octanol–water partition coefficient (Wildman–Crippen LogP) is 5.46. The molecule has 1 aliphatic carbocycles. The topological polar surface area (TPSA) is 103 Å². The molecular formula is C30H37N3O5S. The van der Waals surface area contributed by atoms with Crippen molar-refractivity contribution in [1.82, 2.24) is 14.8 Å². The number of benzene rings is 2. The molecular weight excluding hydrogens is 514 g/mol. The zero-order valence-electron chi connectivity index (χ0n) is 22.7. The van der Waals surface area contributed by atoms with Gasteiger partial charge in [0.15, 0.2) is 0 Å². The number of aromatic nitrogens is 1. The summed E-state index contributed by atoms with van der Waals surface area (Å²) in [6.07, 6.45) is 5.25. The number of rotatable bonds is 10. The first-order valence-electron chi connectivity index (χ1n) is 13.4. The zero-order chi connectivity index (χ0) is 28.0. The van der Waals surface area contributed by atoms with Gasteiger partial charge in [-0.25, -0.2) is 4.79 Å². The molecule has 8 nitrogen and oxygen atoms in total. The first kappa shape index (κ1) is 28.4. The van der Waals surface area contributed by atoms with Crippen LogP contribution in [0.1, 0.15) is 50.7 Å². The molecule has 0 aliphatic heterocycles. The molecule has 0 unspecified atom stereocenters. The third-order valence-corrected chi connectivity index (χ3v) is 8.53. The first-order chi connectivity index (χ1) is 18.7. The molecule has 208 valence electrons. The van der Waals surface area contributed by atoms with Crippen LogP contribution in [0.15, 0.2) is 59.9 Å². The fourth-order valence-corrected chi connectivity index (χ4v) is 6.04. The van der Waals surface area contributed by atoms with E-state index in [2.05, 4.69) is 25.4 Å². The van der Waals surface area contributed by atoms with Gasteiger partial charge in [-0.1, -0.05) is 68.2 Å². The molecule has 2 amide bonds. The SMILES string of the molecule is C=CC(=O)N(CCN(CCc1ccc(O)c2[nH]c(=O)sc12)C(=O)OCc1ccccc1)C1CCC(C)(C)CC1. The van der Waals surface area contributed by atoms with Gasteiger partial charge in [0, 0.05) is 25.7 Å². The average Bonchev–Trinajstić information content (AvgIpc) is 3.33. The summed E-state index contributed by atoms with van der Waals surface area (Å²) in [7, 11) is 0. The number of hydrogen-bond acceptors (Lipinski definition) is 6. The number of ether oxygens (including phenoxy) is 1. The monoisotopic (exact) mass is 551 g/mol. The molecule has 2 N–H and O–H groups in total. The molecule has 39 heavy (non-hydrogen) atoms. The second kappa shape index (κ2) is 12.5. The van der Waals surface area contributed by atoms with E-state index >= 15 is 0 Å². The summed E-state index contributed by atoms with van der Waals surface area (Å²) in [6, 6.07) is 12.9. The predicted molar refractivity (Wildman–Crippen MR) is 154 cm³/mol. The Morgan fingerprint density at radius 1 is 1.13 bits per heavy atom. The normalized spacial score (nSPS) is 15.1. The van der Waals surface area contributed by atoms with Crippen molar-refractivity contribution < 1.29 is 19.4 Å². The van der Waals surface area contributed by atoms with Gasteiger partial charge in [0.05, 0.1) is 4.70 Å². The molecule has 0 atom stereocenters. The van der Waals surface area contributed by atoms with Crippen molar-refractivity contribution in [3.8, 4) is 5.75 Å². The Morgan fingerprint density at radius 2 is 1.85 bits per heavy atom. The Labute approximate surface area is 232 Å². The Kier molecular flexibility index (Phi) is 9.12. The van der Waals surface area contributed by atoms with E-state index in [9.17, 15) is 19.5 Å². The van der Waals surface area contributed by atoms with Crippen LogP contribution in [-0.4, -0.2) is 57.6 Å². The highest BCUT2D eigenvalue weighted by Crippen LogP contribution is 2.37. The number of aromatic hydroxyl groups is 1. The summed E-state index contributed by atoms with van der Waals surface area (Å²) >= 11 is 1.03. The van der Waals surface area contributed by atoms with Crippen LogP contribution in [0.2, 0.25) is 0 Å². The lowest BCUT2D eigenvalue weighted by molar-refractivity contribution is -0.129. The lowest BCUT2D eigenvalue weighted by atomic mass is 9.75. The van der Waals surface area contributed by atoms with Crippen molar-refractivity contribution in [2.75, 3.05) is 19.6 Å². The molecule has 3 aromatic rings. The molecule has 0 bridgehead atoms. The number of nitrogens with zero attached hydrogens (tertiary/aromatic N) is 2. The zero-order valence-corrected chi connectivity index (χ0v) is 23.5. The maximum atomic E-state index is 13.3. The molecule has 0 radical (unpaired) electrons. The number of carbonyl (C=O) groups excluding carboxylic acids is 2. The number of H-pyrrole nitrogens is 1. The van der Waals surface area contributed by atoms with Crippen molar-refractivity contribution in [3.63, 3.8) is 0 Å². The van der Waals surface area contributed by atoms with Crippen LogP contribution in [0.3, 0.4) is 0 Å². The van der Waals surface area contributed by atoms with Crippen molar-refractivity contribution in [3.05, 3.63) is 75.9 Å². The number of phenolic OH excluding ortho intramolecular Hbond substituents is 1. The third kappa shape index (κ3) is 7.29.